The zero-order chi connectivity index (χ0) is 22.4. The highest BCUT2D eigenvalue weighted by Crippen LogP contribution is 2.60. The van der Waals surface area contributed by atoms with Gasteiger partial charge in [0, 0.05) is 23.6 Å². The van der Waals surface area contributed by atoms with Gasteiger partial charge in [0.1, 0.15) is 5.75 Å². The van der Waals surface area contributed by atoms with E-state index in [0.29, 0.717) is 18.7 Å². The van der Waals surface area contributed by atoms with Crippen molar-refractivity contribution >= 4 is 20.0 Å². The van der Waals surface area contributed by atoms with Crippen LogP contribution in [0.4, 0.5) is 9.80 Å². The van der Waals surface area contributed by atoms with Gasteiger partial charge >= 0.3 is 0 Å². The number of ether oxygens (including phenoxy) is 2. The smallest absolute Gasteiger partial charge is 0.264 e. The number of hydrogen-bond acceptors (Lipinski definition) is 4. The lowest BCUT2D eigenvalue weighted by Gasteiger charge is -2.31. The molecule has 4 atom stereocenters. The second kappa shape index (κ2) is 8.04. The number of hydrogen-bond donors (Lipinski definition) is 1. The number of nitrogens with zero attached hydrogens (tertiary/aromatic N) is 1. The monoisotopic (exact) mass is 443 g/mol. The highest BCUT2D eigenvalue weighted by Gasteiger charge is 2.66. The van der Waals surface area contributed by atoms with E-state index in [1.807, 2.05) is 55.5 Å². The average molecular weight is 444 g/mol. The molecule has 31 heavy (non-hydrogen) atoms. The fraction of sp³-hybridized carbons (Fsp3) is 0.458. The summed E-state index contributed by atoms with van der Waals surface area (Å²) in [6, 6.07) is 15.4. The summed E-state index contributed by atoms with van der Waals surface area (Å²) in [5.41, 5.74) is 0.815. The first-order chi connectivity index (χ1) is 14.7. The minimum Gasteiger partial charge on any atom is -0.497 e. The maximum absolute atomic E-state index is 15.5. The van der Waals surface area contributed by atoms with Gasteiger partial charge in [0.05, 0.1) is 25.4 Å². The van der Waals surface area contributed by atoms with E-state index in [4.69, 9.17) is 9.47 Å². The molecule has 2 heterocycles. The molecule has 1 N–H and O–H groups in total. The molecule has 0 saturated carbocycles. The van der Waals surface area contributed by atoms with Crippen LogP contribution in [0.25, 0.3) is 0 Å². The van der Waals surface area contributed by atoms with Crippen LogP contribution >= 0.6 is 0 Å². The number of aliphatic hydroxyl groups excluding tert-OH is 1. The van der Waals surface area contributed by atoms with Crippen molar-refractivity contribution in [2.75, 3.05) is 18.6 Å². The number of carbonyl (C=O) groups excluding carboxylic acids is 1. The molecule has 7 heteroatoms. The summed E-state index contributed by atoms with van der Waals surface area (Å²) >= 11 is 0. The molecule has 2 aromatic carbocycles. The highest BCUT2D eigenvalue weighted by atomic mass is 28.4. The molecule has 0 radical (unpaired) electrons. The minimum atomic E-state index is -3.19. The summed E-state index contributed by atoms with van der Waals surface area (Å²) in [6.45, 7) is 5.54. The van der Waals surface area contributed by atoms with Crippen LogP contribution in [0.1, 0.15) is 24.5 Å². The molecule has 2 aromatic rings. The third kappa shape index (κ3) is 3.48. The van der Waals surface area contributed by atoms with Gasteiger partial charge in [-0.2, -0.15) is 0 Å². The van der Waals surface area contributed by atoms with E-state index in [0.717, 1.165) is 16.8 Å². The Hall–Kier alpha value is -2.22. The third-order valence-corrected chi connectivity index (χ3v) is 9.22. The number of halogens is 1. The second-order valence-electron chi connectivity index (χ2n) is 9.04. The van der Waals surface area contributed by atoms with Crippen LogP contribution in [0.3, 0.4) is 0 Å². The van der Waals surface area contributed by atoms with Crippen LogP contribution in [-0.2, 0) is 21.7 Å². The standard InChI is InChI=1S/C24H30FNO4Si/c1-16-22(31(3,4)25)21(12-13-27)30-24(16)19-14-18(29-2)10-11-20(19)26(23(24)28)15-17-8-6-5-7-9-17/h5-11,14,16,21-22,27H,12-13,15H2,1-4H3/t16-,21+,22-,24+/m0/s1. The third-order valence-electron chi connectivity index (χ3n) is 6.77. The fourth-order valence-electron chi connectivity index (χ4n) is 5.47. The number of carbonyl (C=O) groups is 1. The number of benzene rings is 2. The lowest BCUT2D eigenvalue weighted by Crippen LogP contribution is -2.45. The van der Waals surface area contributed by atoms with Gasteiger partial charge in [0.15, 0.2) is 5.60 Å². The largest absolute Gasteiger partial charge is 0.497 e. The van der Waals surface area contributed by atoms with E-state index in [-0.39, 0.29) is 18.4 Å². The van der Waals surface area contributed by atoms with Gasteiger partial charge in [-0.25, -0.2) is 0 Å². The lowest BCUT2D eigenvalue weighted by atomic mass is 9.82. The van der Waals surface area contributed by atoms with Crippen LogP contribution in [0.5, 0.6) is 5.75 Å². The normalized spacial score (nSPS) is 27.7. The summed E-state index contributed by atoms with van der Waals surface area (Å²) < 4.78 is 27.4. The van der Waals surface area contributed by atoms with E-state index in [1.54, 1.807) is 25.1 Å². The topological polar surface area (TPSA) is 59.0 Å². The van der Waals surface area contributed by atoms with Crippen molar-refractivity contribution in [3.05, 3.63) is 59.7 Å². The SMILES string of the molecule is COc1ccc2c(c1)[C@@]1(O[C@H](CCO)[C@@H]([Si](C)(C)F)[C@@H]1C)C(=O)N2Cc1ccccc1. The Bertz CT molecular complexity index is 964. The molecule has 1 spiro atoms. The highest BCUT2D eigenvalue weighted by molar-refractivity contribution is 6.72. The summed E-state index contributed by atoms with van der Waals surface area (Å²) in [4.78, 5) is 15.8. The molecule has 1 fully saturated rings. The Morgan fingerprint density at radius 2 is 1.94 bits per heavy atom. The second-order valence-corrected chi connectivity index (χ2v) is 12.8. The zero-order valence-electron chi connectivity index (χ0n) is 18.5. The van der Waals surface area contributed by atoms with E-state index in [2.05, 4.69) is 0 Å². The van der Waals surface area contributed by atoms with Crippen LogP contribution in [0.15, 0.2) is 48.5 Å². The molecule has 2 aliphatic rings. The molecule has 166 valence electrons. The van der Waals surface area contributed by atoms with Gasteiger partial charge in [-0.3, -0.25) is 4.79 Å². The van der Waals surface area contributed by atoms with Crippen LogP contribution in [0.2, 0.25) is 18.6 Å². The Morgan fingerprint density at radius 3 is 2.55 bits per heavy atom. The molecule has 2 aliphatic heterocycles. The first kappa shape index (κ1) is 22.0. The number of anilines is 1. The predicted molar refractivity (Wildman–Crippen MR) is 120 cm³/mol. The van der Waals surface area contributed by atoms with Crippen molar-refractivity contribution in [2.45, 2.75) is 50.2 Å². The van der Waals surface area contributed by atoms with E-state index >= 15 is 4.11 Å². The van der Waals surface area contributed by atoms with Gasteiger partial charge in [-0.15, -0.1) is 0 Å². The average Bonchev–Trinajstić information content (AvgIpc) is 3.16. The molecule has 0 unspecified atom stereocenters. The molecule has 0 bridgehead atoms. The molecule has 1 amide bonds. The van der Waals surface area contributed by atoms with Gasteiger partial charge in [0.25, 0.3) is 5.91 Å². The van der Waals surface area contributed by atoms with Crippen molar-refractivity contribution in [1.82, 2.24) is 0 Å². The fourth-order valence-corrected chi connectivity index (χ4v) is 8.02. The number of aliphatic hydroxyl groups is 1. The molecule has 5 nitrogen and oxygen atoms in total. The lowest BCUT2D eigenvalue weighted by molar-refractivity contribution is -0.146. The van der Waals surface area contributed by atoms with Gasteiger partial charge in [0.2, 0.25) is 8.41 Å². The molecule has 4 rings (SSSR count). The predicted octanol–water partition coefficient (Wildman–Crippen LogP) is 4.40. The Morgan fingerprint density at radius 1 is 1.23 bits per heavy atom. The van der Waals surface area contributed by atoms with E-state index in [9.17, 15) is 9.90 Å². The van der Waals surface area contributed by atoms with Crippen molar-refractivity contribution in [3.8, 4) is 5.75 Å². The number of amides is 1. The van der Waals surface area contributed by atoms with Gasteiger partial charge in [-0.05, 0) is 43.3 Å². The molecular formula is C24H30FNO4Si. The maximum atomic E-state index is 15.5. The molecule has 0 aliphatic carbocycles. The summed E-state index contributed by atoms with van der Waals surface area (Å²) in [6.07, 6.45) is -0.200. The van der Waals surface area contributed by atoms with Crippen molar-refractivity contribution < 1.29 is 23.5 Å². The molecule has 0 aromatic heterocycles. The molecular weight excluding hydrogens is 413 g/mol. The van der Waals surface area contributed by atoms with Gasteiger partial charge in [-0.1, -0.05) is 37.3 Å². The maximum Gasteiger partial charge on any atom is 0.264 e. The van der Waals surface area contributed by atoms with Crippen LogP contribution in [-0.4, -0.2) is 39.2 Å². The first-order valence-electron chi connectivity index (χ1n) is 10.8. The number of fused-ring (bicyclic) bond motifs is 2. The number of rotatable bonds is 6. The summed E-state index contributed by atoms with van der Waals surface area (Å²) in [5.74, 6) is 0.0906. The Kier molecular flexibility index (Phi) is 5.70. The number of methoxy groups -OCH3 is 1. The quantitative estimate of drug-likeness (QED) is 0.531. The van der Waals surface area contributed by atoms with Gasteiger partial charge < -0.3 is 23.6 Å². The summed E-state index contributed by atoms with van der Waals surface area (Å²) in [5, 5.41) is 9.62. The van der Waals surface area contributed by atoms with Crippen molar-refractivity contribution in [3.63, 3.8) is 0 Å². The van der Waals surface area contributed by atoms with Crippen LogP contribution < -0.4 is 9.64 Å². The first-order valence-corrected chi connectivity index (χ1v) is 13.7. The summed E-state index contributed by atoms with van der Waals surface area (Å²) in [7, 11) is -1.60. The Balaban J connectivity index is 1.85. The van der Waals surface area contributed by atoms with Crippen molar-refractivity contribution in [2.24, 2.45) is 5.92 Å². The van der Waals surface area contributed by atoms with Crippen molar-refractivity contribution in [1.29, 1.82) is 0 Å². The van der Waals surface area contributed by atoms with Crippen LogP contribution in [0, 0.1) is 5.92 Å². The van der Waals surface area contributed by atoms with E-state index < -0.39 is 25.7 Å². The zero-order valence-corrected chi connectivity index (χ0v) is 19.5. The molecule has 1 saturated heterocycles. The van der Waals surface area contributed by atoms with E-state index in [1.165, 1.54) is 0 Å². The minimum absolute atomic E-state index is 0.110. The Labute approximate surface area is 184 Å².